The molecule has 1 heterocycles. The van der Waals surface area contributed by atoms with Crippen LogP contribution in [0, 0.1) is 0 Å². The van der Waals surface area contributed by atoms with Crippen molar-refractivity contribution in [3.05, 3.63) is 41.7 Å². The van der Waals surface area contributed by atoms with E-state index in [0.717, 1.165) is 16.8 Å². The summed E-state index contributed by atoms with van der Waals surface area (Å²) in [5.41, 5.74) is -0.578. The smallest absolute Gasteiger partial charge is 0.296 e. The molecule has 0 radical (unpaired) electrons. The van der Waals surface area contributed by atoms with Crippen LogP contribution >= 0.6 is 0 Å². The monoisotopic (exact) mass is 241 g/mol. The highest BCUT2D eigenvalue weighted by Gasteiger charge is 2.30. The predicted octanol–water partition coefficient (Wildman–Crippen LogP) is 2.10. The van der Waals surface area contributed by atoms with Gasteiger partial charge in [-0.3, -0.25) is 4.79 Å². The second-order valence-corrected chi connectivity index (χ2v) is 3.24. The lowest BCUT2D eigenvalue weighted by Gasteiger charge is -2.08. The summed E-state index contributed by atoms with van der Waals surface area (Å²) in [5.74, 6) is 0. The summed E-state index contributed by atoms with van der Waals surface area (Å²) in [6.45, 7) is 0. The Balaban J connectivity index is 2.51. The maximum absolute atomic E-state index is 12.5. The van der Waals surface area contributed by atoms with E-state index in [1.807, 2.05) is 0 Å². The fraction of sp³-hybridized carbons (Fsp3) is 0.100. The van der Waals surface area contributed by atoms with E-state index in [4.69, 9.17) is 0 Å². The summed E-state index contributed by atoms with van der Waals surface area (Å²) < 4.78 is 38.5. The van der Waals surface area contributed by atoms with E-state index < -0.39 is 11.7 Å². The molecule has 0 atom stereocenters. The molecule has 0 saturated heterocycles. The number of halogens is 3. The molecule has 0 aliphatic carbocycles. The lowest BCUT2D eigenvalue weighted by molar-refractivity contribution is -0.137. The van der Waals surface area contributed by atoms with E-state index in [-0.39, 0.29) is 11.4 Å². The van der Waals surface area contributed by atoms with Crippen LogP contribution in [-0.4, -0.2) is 21.3 Å². The first kappa shape index (κ1) is 11.3. The number of nitrogens with zero attached hydrogens (tertiary/aromatic N) is 3. The number of aldehydes is 1. The van der Waals surface area contributed by atoms with Gasteiger partial charge in [0, 0.05) is 0 Å². The minimum absolute atomic E-state index is 0.0873. The van der Waals surface area contributed by atoms with E-state index in [0.29, 0.717) is 6.29 Å². The van der Waals surface area contributed by atoms with Gasteiger partial charge in [-0.1, -0.05) is 11.3 Å². The molecular weight excluding hydrogens is 235 g/mol. The molecule has 0 bridgehead atoms. The van der Waals surface area contributed by atoms with Crippen LogP contribution in [0.2, 0.25) is 0 Å². The second-order valence-electron chi connectivity index (χ2n) is 3.24. The first-order valence-corrected chi connectivity index (χ1v) is 4.56. The fourth-order valence-electron chi connectivity index (χ4n) is 1.34. The Kier molecular flexibility index (Phi) is 2.66. The van der Waals surface area contributed by atoms with E-state index in [1.54, 1.807) is 0 Å². The van der Waals surface area contributed by atoms with Gasteiger partial charge in [0.1, 0.15) is 5.69 Å². The Labute approximate surface area is 93.7 Å². The SMILES string of the molecule is O=Cc1cnnn1-c1cccc(C(F)(F)F)c1. The van der Waals surface area contributed by atoms with E-state index in [2.05, 4.69) is 10.3 Å². The molecule has 4 nitrogen and oxygen atoms in total. The average molecular weight is 241 g/mol. The van der Waals surface area contributed by atoms with Gasteiger partial charge in [0.25, 0.3) is 0 Å². The van der Waals surface area contributed by atoms with E-state index in [1.165, 1.54) is 18.3 Å². The summed E-state index contributed by atoms with van der Waals surface area (Å²) in [7, 11) is 0. The molecule has 0 saturated carbocycles. The number of carbonyl (C=O) groups excluding carboxylic acids is 1. The lowest BCUT2D eigenvalue weighted by atomic mass is 10.2. The highest BCUT2D eigenvalue weighted by molar-refractivity contribution is 5.72. The number of aromatic nitrogens is 3. The maximum atomic E-state index is 12.5. The van der Waals surface area contributed by atoms with Crippen molar-refractivity contribution < 1.29 is 18.0 Å². The maximum Gasteiger partial charge on any atom is 0.416 e. The minimum atomic E-state index is -4.43. The highest BCUT2D eigenvalue weighted by Crippen LogP contribution is 2.30. The Hall–Kier alpha value is -2.18. The zero-order chi connectivity index (χ0) is 12.5. The molecule has 17 heavy (non-hydrogen) atoms. The number of alkyl halides is 3. The van der Waals surface area contributed by atoms with Gasteiger partial charge in [0.05, 0.1) is 17.4 Å². The van der Waals surface area contributed by atoms with Crippen LogP contribution in [0.4, 0.5) is 13.2 Å². The van der Waals surface area contributed by atoms with Crippen LogP contribution in [0.1, 0.15) is 16.1 Å². The van der Waals surface area contributed by atoms with Crippen molar-refractivity contribution in [2.45, 2.75) is 6.18 Å². The van der Waals surface area contributed by atoms with Crippen molar-refractivity contribution in [2.75, 3.05) is 0 Å². The average Bonchev–Trinajstić information content (AvgIpc) is 2.76. The van der Waals surface area contributed by atoms with E-state index >= 15 is 0 Å². The number of carbonyl (C=O) groups is 1. The normalized spacial score (nSPS) is 11.5. The molecule has 2 aromatic rings. The zero-order valence-corrected chi connectivity index (χ0v) is 8.35. The number of hydrogen-bond donors (Lipinski definition) is 0. The van der Waals surface area contributed by atoms with Crippen LogP contribution in [-0.2, 0) is 6.18 Å². The molecule has 0 spiro atoms. The molecule has 1 aromatic carbocycles. The fourth-order valence-corrected chi connectivity index (χ4v) is 1.34. The van der Waals surface area contributed by atoms with Crippen molar-refractivity contribution in [3.63, 3.8) is 0 Å². The van der Waals surface area contributed by atoms with Crippen LogP contribution in [0.3, 0.4) is 0 Å². The summed E-state index contributed by atoms with van der Waals surface area (Å²) in [4.78, 5) is 10.6. The standard InChI is InChI=1S/C10H6F3N3O/c11-10(12,13)7-2-1-3-8(4-7)16-9(6-17)5-14-15-16/h1-6H. The largest absolute Gasteiger partial charge is 0.416 e. The molecule has 0 amide bonds. The van der Waals surface area contributed by atoms with Crippen LogP contribution in [0.5, 0.6) is 0 Å². The molecule has 7 heteroatoms. The van der Waals surface area contributed by atoms with Crippen molar-refractivity contribution in [3.8, 4) is 5.69 Å². The molecule has 0 unspecified atom stereocenters. The topological polar surface area (TPSA) is 47.8 Å². The Bertz CT molecular complexity index is 548. The molecule has 1 aromatic heterocycles. The van der Waals surface area contributed by atoms with Gasteiger partial charge in [0.15, 0.2) is 6.29 Å². The molecule has 0 fully saturated rings. The molecule has 0 aliphatic rings. The van der Waals surface area contributed by atoms with Crippen molar-refractivity contribution in [1.29, 1.82) is 0 Å². The summed E-state index contributed by atoms with van der Waals surface area (Å²) in [6.07, 6.45) is -2.79. The molecule has 2 rings (SSSR count). The van der Waals surface area contributed by atoms with E-state index in [9.17, 15) is 18.0 Å². The summed E-state index contributed by atoms with van der Waals surface area (Å²) in [5, 5.41) is 7.01. The van der Waals surface area contributed by atoms with Gasteiger partial charge < -0.3 is 0 Å². The minimum Gasteiger partial charge on any atom is -0.296 e. The lowest BCUT2D eigenvalue weighted by Crippen LogP contribution is -2.07. The third-order valence-electron chi connectivity index (χ3n) is 2.11. The van der Waals surface area contributed by atoms with Crippen molar-refractivity contribution in [1.82, 2.24) is 15.0 Å². The second kappa shape index (κ2) is 4.00. The predicted molar refractivity (Wildman–Crippen MR) is 51.7 cm³/mol. The Morgan fingerprint density at radius 1 is 1.29 bits per heavy atom. The zero-order valence-electron chi connectivity index (χ0n) is 8.35. The van der Waals surface area contributed by atoms with Gasteiger partial charge in [-0.15, -0.1) is 5.10 Å². The molecule has 0 aliphatic heterocycles. The summed E-state index contributed by atoms with van der Waals surface area (Å²) in [6, 6.07) is 4.51. The molecule has 88 valence electrons. The molecule has 0 N–H and O–H groups in total. The van der Waals surface area contributed by atoms with Crippen molar-refractivity contribution in [2.24, 2.45) is 0 Å². The van der Waals surface area contributed by atoms with Crippen LogP contribution in [0.15, 0.2) is 30.5 Å². The van der Waals surface area contributed by atoms with Gasteiger partial charge in [-0.25, -0.2) is 4.68 Å². The van der Waals surface area contributed by atoms with Gasteiger partial charge >= 0.3 is 6.18 Å². The number of rotatable bonds is 2. The van der Waals surface area contributed by atoms with Gasteiger partial charge in [-0.2, -0.15) is 13.2 Å². The third-order valence-corrected chi connectivity index (χ3v) is 2.11. The van der Waals surface area contributed by atoms with Crippen LogP contribution < -0.4 is 0 Å². The summed E-state index contributed by atoms with van der Waals surface area (Å²) >= 11 is 0. The Morgan fingerprint density at radius 3 is 2.71 bits per heavy atom. The van der Waals surface area contributed by atoms with Crippen LogP contribution in [0.25, 0.3) is 5.69 Å². The first-order chi connectivity index (χ1) is 8.02. The third kappa shape index (κ3) is 2.17. The quantitative estimate of drug-likeness (QED) is 0.756. The highest BCUT2D eigenvalue weighted by atomic mass is 19.4. The Morgan fingerprint density at radius 2 is 2.06 bits per heavy atom. The number of hydrogen-bond acceptors (Lipinski definition) is 3. The van der Waals surface area contributed by atoms with Gasteiger partial charge in [-0.05, 0) is 18.2 Å². The molecular formula is C10H6F3N3O. The van der Waals surface area contributed by atoms with Gasteiger partial charge in [0.2, 0.25) is 0 Å². The first-order valence-electron chi connectivity index (χ1n) is 4.56. The van der Waals surface area contributed by atoms with Crippen molar-refractivity contribution >= 4 is 6.29 Å². The number of benzene rings is 1.